The molecule has 1 N–H and O–H groups in total. The van der Waals surface area contributed by atoms with E-state index in [1.165, 1.54) is 12.1 Å². The second kappa shape index (κ2) is 3.95. The lowest BCUT2D eigenvalue weighted by atomic mass is 9.96. The summed E-state index contributed by atoms with van der Waals surface area (Å²) >= 11 is 0. The van der Waals surface area contributed by atoms with Gasteiger partial charge >= 0.3 is 6.01 Å². The molecule has 0 spiro atoms. The van der Waals surface area contributed by atoms with Crippen LogP contribution in [0.15, 0.2) is 51.9 Å². The number of rotatable bonds is 1. The molecule has 1 aromatic heterocycles. The zero-order valence-electron chi connectivity index (χ0n) is 10.7. The smallest absolute Gasteiger partial charge is 0.397 e. The van der Waals surface area contributed by atoms with Crippen LogP contribution in [0.2, 0.25) is 0 Å². The van der Waals surface area contributed by atoms with E-state index in [1.807, 2.05) is 24.3 Å². The fourth-order valence-corrected chi connectivity index (χ4v) is 2.55. The van der Waals surface area contributed by atoms with Crippen molar-refractivity contribution >= 4 is 34.3 Å². The monoisotopic (exact) mass is 281 g/mol. The Kier molecular flexibility index (Phi) is 2.20. The first-order chi connectivity index (χ1) is 10.1. The maximum Gasteiger partial charge on any atom is 0.445 e. The topological polar surface area (TPSA) is 96.4 Å². The number of hydrogen-bond donors (Lipinski definition) is 1. The van der Waals surface area contributed by atoms with Gasteiger partial charge in [-0.25, -0.2) is 0 Å². The van der Waals surface area contributed by atoms with Crippen LogP contribution in [0.4, 0.5) is 11.7 Å². The van der Waals surface area contributed by atoms with Gasteiger partial charge in [-0.15, -0.1) is 0 Å². The van der Waals surface area contributed by atoms with Crippen LogP contribution in [-0.4, -0.2) is 16.5 Å². The van der Waals surface area contributed by atoms with Gasteiger partial charge in [0.2, 0.25) is 0 Å². The molecule has 1 atom stereocenters. The highest BCUT2D eigenvalue weighted by Crippen LogP contribution is 2.28. The minimum Gasteiger partial charge on any atom is -0.397 e. The molecule has 1 aliphatic carbocycles. The van der Waals surface area contributed by atoms with Gasteiger partial charge in [-0.1, -0.05) is 23.2 Å². The van der Waals surface area contributed by atoms with Gasteiger partial charge in [0, 0.05) is 6.07 Å². The molecule has 1 aromatic carbocycles. The van der Waals surface area contributed by atoms with Crippen LogP contribution in [0.25, 0.3) is 11.1 Å². The minimum atomic E-state index is -0.478. The zero-order valence-corrected chi connectivity index (χ0v) is 10.7. The molecule has 0 radical (unpaired) electrons. The number of allylic oxidation sites excluding steroid dienone is 4. The van der Waals surface area contributed by atoms with Crippen LogP contribution in [0.5, 0.6) is 0 Å². The van der Waals surface area contributed by atoms with Gasteiger partial charge in [-0.05, 0) is 12.1 Å². The summed E-state index contributed by atoms with van der Waals surface area (Å²) in [5.74, 6) is 0.103. The molecule has 7 heteroatoms. The minimum absolute atomic E-state index is 0.0504. The average Bonchev–Trinajstić information content (AvgIpc) is 2.84. The first-order valence-corrected chi connectivity index (χ1v) is 6.30. The number of nitro benzene ring substituents is 1. The second-order valence-corrected chi connectivity index (χ2v) is 4.77. The van der Waals surface area contributed by atoms with E-state index in [-0.39, 0.29) is 17.6 Å². The van der Waals surface area contributed by atoms with Gasteiger partial charge in [0.25, 0.3) is 11.5 Å². The highest BCUT2D eigenvalue weighted by atomic mass is 16.6. The molecule has 2 aliphatic rings. The van der Waals surface area contributed by atoms with Crippen LogP contribution >= 0.6 is 0 Å². The second-order valence-electron chi connectivity index (χ2n) is 4.77. The fraction of sp³-hybridized carbons (Fsp3) is 0.0714. The van der Waals surface area contributed by atoms with E-state index in [4.69, 9.17) is 9.83 Å². The van der Waals surface area contributed by atoms with E-state index in [2.05, 4.69) is 4.99 Å². The van der Waals surface area contributed by atoms with Crippen molar-refractivity contribution in [3.05, 3.63) is 52.6 Å². The SMILES string of the molecule is N=C1C2C=CC=CC2=Nc2oc3cc([N+](=O)[O-])ccc3[n+]21. The third kappa shape index (κ3) is 1.57. The molecular formula is C14H9N4O3+. The number of nitro groups is 1. The van der Waals surface area contributed by atoms with Crippen molar-refractivity contribution in [3.8, 4) is 0 Å². The molecule has 0 fully saturated rings. The van der Waals surface area contributed by atoms with Gasteiger partial charge in [-0.2, -0.15) is 9.98 Å². The third-order valence-electron chi connectivity index (χ3n) is 3.55. The van der Waals surface area contributed by atoms with Crippen LogP contribution < -0.4 is 4.57 Å². The Hall–Kier alpha value is -3.09. The lowest BCUT2D eigenvalue weighted by Gasteiger charge is -2.14. The molecule has 0 bridgehead atoms. The fourth-order valence-electron chi connectivity index (χ4n) is 2.55. The van der Waals surface area contributed by atoms with Crippen molar-refractivity contribution in [2.75, 3.05) is 0 Å². The molecule has 1 unspecified atom stereocenters. The normalized spacial score (nSPS) is 19.3. The molecule has 7 nitrogen and oxygen atoms in total. The summed E-state index contributed by atoms with van der Waals surface area (Å²) in [6, 6.07) is 4.59. The van der Waals surface area contributed by atoms with E-state index in [0.29, 0.717) is 16.9 Å². The Labute approximate surface area is 118 Å². The Morgan fingerprint density at radius 2 is 2.24 bits per heavy atom. The molecule has 4 rings (SSSR count). The van der Waals surface area contributed by atoms with Crippen LogP contribution in [0, 0.1) is 21.4 Å². The maximum atomic E-state index is 10.8. The van der Waals surface area contributed by atoms with E-state index < -0.39 is 4.92 Å². The number of nitrogens with one attached hydrogen (secondary N) is 1. The van der Waals surface area contributed by atoms with Gasteiger partial charge in [0.05, 0.1) is 11.0 Å². The van der Waals surface area contributed by atoms with Crippen molar-refractivity contribution in [1.82, 2.24) is 0 Å². The summed E-state index contributed by atoms with van der Waals surface area (Å²) < 4.78 is 7.15. The Balaban J connectivity index is 1.98. The standard InChI is InChI=1S/C14H9N4O3/c15-13-9-3-1-2-4-10(9)16-14-17(13)11-6-5-8(18(19)20)7-12(11)21-14/h1-7,9,15H/q+1. The van der Waals surface area contributed by atoms with Crippen LogP contribution in [0.1, 0.15) is 0 Å². The molecule has 1 aliphatic heterocycles. The lowest BCUT2D eigenvalue weighted by Crippen LogP contribution is -2.50. The highest BCUT2D eigenvalue weighted by molar-refractivity contribution is 6.13. The van der Waals surface area contributed by atoms with Gasteiger partial charge in [0.1, 0.15) is 11.6 Å². The molecule has 2 heterocycles. The first-order valence-electron chi connectivity index (χ1n) is 6.30. The van der Waals surface area contributed by atoms with Crippen molar-refractivity contribution < 1.29 is 13.9 Å². The van der Waals surface area contributed by atoms with Crippen molar-refractivity contribution in [1.29, 1.82) is 5.41 Å². The van der Waals surface area contributed by atoms with Crippen molar-refractivity contribution in [3.63, 3.8) is 0 Å². The van der Waals surface area contributed by atoms with Gasteiger partial charge in [-0.3, -0.25) is 10.1 Å². The highest BCUT2D eigenvalue weighted by Gasteiger charge is 2.37. The number of non-ortho nitro benzene ring substituents is 1. The van der Waals surface area contributed by atoms with Gasteiger partial charge in [0.15, 0.2) is 11.1 Å². The largest absolute Gasteiger partial charge is 0.445 e. The maximum absolute atomic E-state index is 10.8. The average molecular weight is 281 g/mol. The zero-order chi connectivity index (χ0) is 14.6. The summed E-state index contributed by atoms with van der Waals surface area (Å²) in [5.41, 5.74) is 1.63. The number of fused-ring (bicyclic) bond motifs is 4. The number of oxazole rings is 1. The molecule has 2 aromatic rings. The van der Waals surface area contributed by atoms with E-state index >= 15 is 0 Å². The summed E-state index contributed by atoms with van der Waals surface area (Å²) in [6.45, 7) is 0. The third-order valence-corrected chi connectivity index (χ3v) is 3.55. The Morgan fingerprint density at radius 1 is 1.38 bits per heavy atom. The molecule has 0 saturated heterocycles. The Bertz CT molecular complexity index is 904. The van der Waals surface area contributed by atoms with Crippen molar-refractivity contribution in [2.45, 2.75) is 0 Å². The van der Waals surface area contributed by atoms with E-state index in [0.717, 1.165) is 5.71 Å². The first kappa shape index (κ1) is 11.7. The van der Waals surface area contributed by atoms with E-state index in [9.17, 15) is 10.1 Å². The summed E-state index contributed by atoms with van der Waals surface area (Å²) in [7, 11) is 0. The van der Waals surface area contributed by atoms with Crippen LogP contribution in [0.3, 0.4) is 0 Å². The molecular weight excluding hydrogens is 272 g/mol. The van der Waals surface area contributed by atoms with Crippen molar-refractivity contribution in [2.24, 2.45) is 10.9 Å². The number of benzene rings is 1. The molecule has 102 valence electrons. The number of aliphatic imine (C=N–C) groups is 1. The predicted octanol–water partition coefficient (Wildman–Crippen LogP) is 2.28. The van der Waals surface area contributed by atoms with Crippen LogP contribution in [-0.2, 0) is 0 Å². The molecule has 0 saturated carbocycles. The molecule has 21 heavy (non-hydrogen) atoms. The Morgan fingerprint density at radius 3 is 3.05 bits per heavy atom. The summed E-state index contributed by atoms with van der Waals surface area (Å²) in [6.07, 6.45) is 7.45. The summed E-state index contributed by atoms with van der Waals surface area (Å²) in [4.78, 5) is 14.7. The van der Waals surface area contributed by atoms with Gasteiger partial charge < -0.3 is 4.42 Å². The van der Waals surface area contributed by atoms with E-state index in [1.54, 1.807) is 10.6 Å². The quantitative estimate of drug-likeness (QED) is 0.493. The predicted molar refractivity (Wildman–Crippen MR) is 75.1 cm³/mol. The molecule has 0 amide bonds. The number of aromatic nitrogens is 1. The number of nitrogens with zero attached hydrogens (tertiary/aromatic N) is 3. The summed E-state index contributed by atoms with van der Waals surface area (Å²) in [5, 5.41) is 19.2. The number of hydrogen-bond acceptors (Lipinski definition) is 5. The lowest BCUT2D eigenvalue weighted by molar-refractivity contribution is -0.522.